The predicted octanol–water partition coefficient (Wildman–Crippen LogP) is 4.45. The van der Waals surface area contributed by atoms with E-state index in [2.05, 4.69) is 54.5 Å². The molecular formula is C16H34BNO2Si. The van der Waals surface area contributed by atoms with E-state index in [0.29, 0.717) is 22.2 Å². The monoisotopic (exact) mass is 311 g/mol. The molecule has 0 fully saturated rings. The molecule has 0 aliphatic carbocycles. The molecule has 0 aliphatic heterocycles. The van der Waals surface area contributed by atoms with Crippen LogP contribution >= 0.6 is 0 Å². The molecule has 0 saturated carbocycles. The van der Waals surface area contributed by atoms with Crippen LogP contribution in [-0.2, 0) is 0 Å². The molecule has 3 nitrogen and oxygen atoms in total. The van der Waals surface area contributed by atoms with Crippen molar-refractivity contribution in [2.75, 3.05) is 0 Å². The van der Waals surface area contributed by atoms with Gasteiger partial charge in [-0.05, 0) is 18.3 Å². The SMILES string of the molecule is CCC(CC(C#N)CB(O)O)[Si](C(C)C)(C(C)C)C(C)C. The molecule has 122 valence electrons. The maximum absolute atomic E-state index is 9.34. The number of nitriles is 1. The highest BCUT2D eigenvalue weighted by atomic mass is 28.3. The summed E-state index contributed by atoms with van der Waals surface area (Å²) in [4.78, 5) is 0. The Labute approximate surface area is 132 Å². The molecule has 0 heterocycles. The second kappa shape index (κ2) is 8.97. The first-order valence-corrected chi connectivity index (χ1v) is 10.7. The number of nitrogens with zero attached hydrogens (tertiary/aromatic N) is 1. The summed E-state index contributed by atoms with van der Waals surface area (Å²) in [5, 5.41) is 27.7. The van der Waals surface area contributed by atoms with Crippen molar-refractivity contribution in [2.45, 2.75) is 89.8 Å². The summed E-state index contributed by atoms with van der Waals surface area (Å²) < 4.78 is 0. The molecular weight excluding hydrogens is 277 g/mol. The smallest absolute Gasteiger partial charge is 0.427 e. The second-order valence-electron chi connectivity index (χ2n) is 7.35. The third kappa shape index (κ3) is 4.84. The van der Waals surface area contributed by atoms with Crippen molar-refractivity contribution in [1.29, 1.82) is 5.26 Å². The van der Waals surface area contributed by atoms with Crippen LogP contribution in [0.15, 0.2) is 0 Å². The molecule has 2 N–H and O–H groups in total. The largest absolute Gasteiger partial charge is 0.452 e. The molecule has 0 bridgehead atoms. The Balaban J connectivity index is 5.48. The topological polar surface area (TPSA) is 64.2 Å². The Morgan fingerprint density at radius 1 is 1.00 bits per heavy atom. The molecule has 21 heavy (non-hydrogen) atoms. The molecule has 0 radical (unpaired) electrons. The molecule has 5 heteroatoms. The molecule has 0 aromatic carbocycles. The lowest BCUT2D eigenvalue weighted by atomic mass is 9.77. The Morgan fingerprint density at radius 3 is 1.67 bits per heavy atom. The Morgan fingerprint density at radius 2 is 1.43 bits per heavy atom. The molecule has 0 rings (SSSR count). The average molecular weight is 311 g/mol. The summed E-state index contributed by atoms with van der Waals surface area (Å²) in [7, 11) is -2.98. The van der Waals surface area contributed by atoms with Gasteiger partial charge in [0.15, 0.2) is 0 Å². The van der Waals surface area contributed by atoms with E-state index >= 15 is 0 Å². The van der Waals surface area contributed by atoms with E-state index in [-0.39, 0.29) is 12.2 Å². The molecule has 0 aromatic rings. The van der Waals surface area contributed by atoms with Gasteiger partial charge in [-0.25, -0.2) is 0 Å². The van der Waals surface area contributed by atoms with Gasteiger partial charge in [0, 0.05) is 5.92 Å². The zero-order valence-electron chi connectivity index (χ0n) is 14.9. The molecule has 0 amide bonds. The summed E-state index contributed by atoms with van der Waals surface area (Å²) in [5.41, 5.74) is 2.56. The van der Waals surface area contributed by atoms with Crippen molar-refractivity contribution in [2.24, 2.45) is 5.92 Å². The molecule has 2 unspecified atom stereocenters. The van der Waals surface area contributed by atoms with Gasteiger partial charge >= 0.3 is 7.12 Å². The van der Waals surface area contributed by atoms with Gasteiger partial charge in [0.1, 0.15) is 0 Å². The van der Waals surface area contributed by atoms with Crippen molar-refractivity contribution in [3.05, 3.63) is 0 Å². The van der Waals surface area contributed by atoms with E-state index in [0.717, 1.165) is 12.8 Å². The Kier molecular flexibility index (Phi) is 8.84. The molecule has 0 aromatic heterocycles. The standard InChI is InChI=1S/C16H34BNO2Si/c1-8-16(9-15(11-18)10-17(19)20)21(12(2)3,13(4)5)14(6)7/h12-16,19-20H,8-10H2,1-7H3. The van der Waals surface area contributed by atoms with Gasteiger partial charge < -0.3 is 10.0 Å². The van der Waals surface area contributed by atoms with E-state index < -0.39 is 15.2 Å². The first kappa shape index (κ1) is 20.7. The number of hydrogen-bond acceptors (Lipinski definition) is 3. The minimum atomic E-state index is -1.60. The summed E-state index contributed by atoms with van der Waals surface area (Å²) in [5.74, 6) is -0.252. The lowest BCUT2D eigenvalue weighted by Crippen LogP contribution is -2.49. The minimum Gasteiger partial charge on any atom is -0.427 e. The van der Waals surface area contributed by atoms with Gasteiger partial charge in [0.25, 0.3) is 0 Å². The lowest BCUT2D eigenvalue weighted by molar-refractivity contribution is 0.391. The highest BCUT2D eigenvalue weighted by Crippen LogP contribution is 2.52. The first-order valence-electron chi connectivity index (χ1n) is 8.40. The van der Waals surface area contributed by atoms with Gasteiger partial charge in [-0.1, -0.05) is 71.5 Å². The van der Waals surface area contributed by atoms with Gasteiger partial charge in [0.05, 0.1) is 14.1 Å². The average Bonchev–Trinajstić information content (AvgIpc) is 2.34. The third-order valence-electron chi connectivity index (χ3n) is 5.45. The maximum atomic E-state index is 9.34. The third-order valence-corrected chi connectivity index (χ3v) is 13.5. The highest BCUT2D eigenvalue weighted by molar-refractivity contribution is 6.84. The van der Waals surface area contributed by atoms with Crippen LogP contribution in [0.2, 0.25) is 28.5 Å². The van der Waals surface area contributed by atoms with E-state index in [4.69, 9.17) is 0 Å². The zero-order chi connectivity index (χ0) is 16.8. The van der Waals surface area contributed by atoms with E-state index in [9.17, 15) is 15.3 Å². The van der Waals surface area contributed by atoms with E-state index in [1.54, 1.807) is 0 Å². The van der Waals surface area contributed by atoms with Crippen LogP contribution in [0.4, 0.5) is 0 Å². The van der Waals surface area contributed by atoms with E-state index in [1.165, 1.54) is 0 Å². The van der Waals surface area contributed by atoms with Gasteiger partial charge in [-0.2, -0.15) is 5.26 Å². The Hall–Kier alpha value is -0.308. The van der Waals surface area contributed by atoms with Crippen LogP contribution in [0.3, 0.4) is 0 Å². The summed E-state index contributed by atoms with van der Waals surface area (Å²) in [6, 6.07) is 2.29. The van der Waals surface area contributed by atoms with Crippen molar-refractivity contribution in [1.82, 2.24) is 0 Å². The summed E-state index contributed by atoms with van der Waals surface area (Å²) in [6.07, 6.45) is 2.07. The van der Waals surface area contributed by atoms with Gasteiger partial charge in [-0.3, -0.25) is 0 Å². The summed E-state index contributed by atoms with van der Waals surface area (Å²) >= 11 is 0. The number of hydrogen-bond donors (Lipinski definition) is 2. The molecule has 2 atom stereocenters. The van der Waals surface area contributed by atoms with Crippen LogP contribution in [0.5, 0.6) is 0 Å². The van der Waals surface area contributed by atoms with Crippen LogP contribution in [0.25, 0.3) is 0 Å². The molecule has 0 aliphatic rings. The Bertz CT molecular complexity index is 318. The quantitative estimate of drug-likeness (QED) is 0.618. The second-order valence-corrected chi connectivity index (χ2v) is 13.6. The van der Waals surface area contributed by atoms with Crippen LogP contribution < -0.4 is 0 Å². The molecule has 0 saturated heterocycles. The highest BCUT2D eigenvalue weighted by Gasteiger charge is 2.48. The fraction of sp³-hybridized carbons (Fsp3) is 0.938. The van der Waals surface area contributed by atoms with Crippen molar-refractivity contribution < 1.29 is 10.0 Å². The zero-order valence-corrected chi connectivity index (χ0v) is 15.9. The fourth-order valence-corrected chi connectivity index (χ4v) is 13.2. The van der Waals surface area contributed by atoms with Gasteiger partial charge in [0.2, 0.25) is 0 Å². The maximum Gasteiger partial charge on any atom is 0.452 e. The number of rotatable bonds is 9. The van der Waals surface area contributed by atoms with Crippen LogP contribution in [0.1, 0.15) is 61.3 Å². The van der Waals surface area contributed by atoms with Crippen LogP contribution in [0, 0.1) is 17.2 Å². The van der Waals surface area contributed by atoms with Crippen LogP contribution in [-0.4, -0.2) is 25.2 Å². The van der Waals surface area contributed by atoms with Crippen molar-refractivity contribution >= 4 is 15.2 Å². The van der Waals surface area contributed by atoms with E-state index in [1.807, 2.05) is 0 Å². The fourth-order valence-electron chi connectivity index (χ4n) is 4.94. The predicted molar refractivity (Wildman–Crippen MR) is 93.8 cm³/mol. The van der Waals surface area contributed by atoms with Gasteiger partial charge in [-0.15, -0.1) is 0 Å². The van der Waals surface area contributed by atoms with Crippen molar-refractivity contribution in [3.63, 3.8) is 0 Å². The first-order chi connectivity index (χ1) is 9.64. The lowest BCUT2D eigenvalue weighted by Gasteiger charge is -2.49. The normalized spacial score (nSPS) is 15.4. The minimum absolute atomic E-state index is 0.172. The molecule has 0 spiro atoms. The summed E-state index contributed by atoms with van der Waals surface area (Å²) in [6.45, 7) is 16.3. The van der Waals surface area contributed by atoms with Crippen molar-refractivity contribution in [3.8, 4) is 6.07 Å².